The molecular weight excluding hydrogens is 250 g/mol. The zero-order valence-electron chi connectivity index (χ0n) is 10.9. The van der Waals surface area contributed by atoms with Crippen LogP contribution < -0.4 is 5.32 Å². The fourth-order valence-electron chi connectivity index (χ4n) is 1.74. The molecule has 0 aromatic carbocycles. The van der Waals surface area contributed by atoms with E-state index in [1.165, 1.54) is 12.3 Å². The molecule has 1 aromatic heterocycles. The number of aromatic carboxylic acids is 1. The van der Waals surface area contributed by atoms with E-state index in [4.69, 9.17) is 5.11 Å². The zero-order valence-corrected chi connectivity index (χ0v) is 11.8. The molecule has 0 aliphatic carbocycles. The molecule has 0 amide bonds. The van der Waals surface area contributed by atoms with Gasteiger partial charge in [0.15, 0.2) is 5.82 Å². The molecule has 100 valence electrons. The Morgan fingerprint density at radius 3 is 2.67 bits per heavy atom. The van der Waals surface area contributed by atoms with Crippen molar-refractivity contribution < 1.29 is 9.90 Å². The molecule has 0 aliphatic heterocycles. The number of carboxylic acid groups (broad SMARTS) is 1. The number of anilines is 1. The largest absolute Gasteiger partial charge is 0.478 e. The van der Waals surface area contributed by atoms with Crippen molar-refractivity contribution in [3.05, 3.63) is 17.8 Å². The third kappa shape index (κ3) is 3.35. The van der Waals surface area contributed by atoms with Crippen molar-refractivity contribution in [3.63, 3.8) is 0 Å². The SMILES string of the molecule is CCC(CC)(CNc1nnccc1C(=O)O)SC. The van der Waals surface area contributed by atoms with E-state index in [2.05, 4.69) is 35.6 Å². The van der Waals surface area contributed by atoms with E-state index in [9.17, 15) is 4.79 Å². The van der Waals surface area contributed by atoms with Crippen LogP contribution in [0.5, 0.6) is 0 Å². The number of carbonyl (C=O) groups is 1. The van der Waals surface area contributed by atoms with Gasteiger partial charge in [-0.3, -0.25) is 0 Å². The van der Waals surface area contributed by atoms with Gasteiger partial charge in [-0.2, -0.15) is 16.9 Å². The number of nitrogens with zero attached hydrogens (tertiary/aromatic N) is 2. The molecule has 1 rings (SSSR count). The van der Waals surface area contributed by atoms with Crippen LogP contribution in [0.15, 0.2) is 12.3 Å². The van der Waals surface area contributed by atoms with Gasteiger partial charge in [0, 0.05) is 11.3 Å². The average molecular weight is 269 g/mol. The number of hydrogen-bond donors (Lipinski definition) is 2. The summed E-state index contributed by atoms with van der Waals surface area (Å²) in [6.07, 6.45) is 5.49. The Morgan fingerprint density at radius 1 is 1.50 bits per heavy atom. The van der Waals surface area contributed by atoms with Crippen LogP contribution in [0.1, 0.15) is 37.0 Å². The highest BCUT2D eigenvalue weighted by molar-refractivity contribution is 8.00. The minimum Gasteiger partial charge on any atom is -0.478 e. The molecule has 0 atom stereocenters. The van der Waals surface area contributed by atoms with E-state index in [0.717, 1.165) is 12.8 Å². The van der Waals surface area contributed by atoms with Crippen molar-refractivity contribution >= 4 is 23.5 Å². The molecular formula is C12H19N3O2S. The zero-order chi connectivity index (χ0) is 13.6. The Morgan fingerprint density at radius 2 is 2.17 bits per heavy atom. The second-order valence-electron chi connectivity index (χ2n) is 4.05. The van der Waals surface area contributed by atoms with Gasteiger partial charge >= 0.3 is 5.97 Å². The van der Waals surface area contributed by atoms with Crippen molar-refractivity contribution in [2.45, 2.75) is 31.4 Å². The summed E-state index contributed by atoms with van der Waals surface area (Å²) in [5, 5.41) is 19.7. The van der Waals surface area contributed by atoms with Crippen molar-refractivity contribution in [1.82, 2.24) is 10.2 Å². The summed E-state index contributed by atoms with van der Waals surface area (Å²) >= 11 is 1.79. The molecule has 18 heavy (non-hydrogen) atoms. The van der Waals surface area contributed by atoms with Gasteiger partial charge in [0.2, 0.25) is 0 Å². The number of rotatable bonds is 7. The summed E-state index contributed by atoms with van der Waals surface area (Å²) in [7, 11) is 0. The number of aromatic nitrogens is 2. The van der Waals surface area contributed by atoms with Gasteiger partial charge in [-0.25, -0.2) is 4.79 Å². The van der Waals surface area contributed by atoms with Crippen LogP contribution >= 0.6 is 11.8 Å². The third-order valence-corrected chi connectivity index (χ3v) is 4.84. The minimum absolute atomic E-state index is 0.104. The maximum atomic E-state index is 11.0. The molecule has 0 unspecified atom stereocenters. The van der Waals surface area contributed by atoms with Crippen molar-refractivity contribution in [2.24, 2.45) is 0 Å². The first-order valence-electron chi connectivity index (χ1n) is 5.92. The van der Waals surface area contributed by atoms with Crippen LogP contribution in [0, 0.1) is 0 Å². The highest BCUT2D eigenvalue weighted by atomic mass is 32.2. The molecule has 0 spiro atoms. The van der Waals surface area contributed by atoms with E-state index < -0.39 is 5.97 Å². The van der Waals surface area contributed by atoms with Gasteiger partial charge in [0.25, 0.3) is 0 Å². The van der Waals surface area contributed by atoms with E-state index in [0.29, 0.717) is 12.4 Å². The normalized spacial score (nSPS) is 11.3. The lowest BCUT2D eigenvalue weighted by atomic mass is 10.0. The topological polar surface area (TPSA) is 75.1 Å². The molecule has 1 aromatic rings. The third-order valence-electron chi connectivity index (χ3n) is 3.25. The van der Waals surface area contributed by atoms with Crippen molar-refractivity contribution in [2.75, 3.05) is 18.1 Å². The minimum atomic E-state index is -0.991. The first-order valence-corrected chi connectivity index (χ1v) is 7.15. The van der Waals surface area contributed by atoms with E-state index in [1.54, 1.807) is 11.8 Å². The standard InChI is InChI=1S/C12H19N3O2S/c1-4-12(5-2,18-3)8-13-10-9(11(16)17)6-7-14-15-10/h6-7H,4-5,8H2,1-3H3,(H,13,15)(H,16,17). The first kappa shape index (κ1) is 14.8. The number of hydrogen-bond acceptors (Lipinski definition) is 5. The highest BCUT2D eigenvalue weighted by Gasteiger charge is 2.25. The Labute approximate surface area is 111 Å². The van der Waals surface area contributed by atoms with Crippen LogP contribution in [0.25, 0.3) is 0 Å². The smallest absolute Gasteiger partial charge is 0.339 e. The molecule has 5 nitrogen and oxygen atoms in total. The molecule has 2 N–H and O–H groups in total. The van der Waals surface area contributed by atoms with Gasteiger partial charge < -0.3 is 10.4 Å². The van der Waals surface area contributed by atoms with Gasteiger partial charge in [-0.15, -0.1) is 5.10 Å². The molecule has 0 saturated carbocycles. The van der Waals surface area contributed by atoms with Crippen molar-refractivity contribution in [3.8, 4) is 0 Å². The lowest BCUT2D eigenvalue weighted by Gasteiger charge is -2.30. The second-order valence-corrected chi connectivity index (χ2v) is 5.32. The number of carboxylic acids is 1. The van der Waals surface area contributed by atoms with Crippen LogP contribution in [0.2, 0.25) is 0 Å². The Balaban J connectivity index is 2.83. The number of nitrogens with one attached hydrogen (secondary N) is 1. The van der Waals surface area contributed by atoms with Crippen LogP contribution in [0.4, 0.5) is 5.82 Å². The summed E-state index contributed by atoms with van der Waals surface area (Å²) in [4.78, 5) is 11.0. The molecule has 0 radical (unpaired) electrons. The van der Waals surface area contributed by atoms with Gasteiger partial charge in [-0.05, 0) is 25.2 Å². The van der Waals surface area contributed by atoms with Crippen LogP contribution in [0.3, 0.4) is 0 Å². The van der Waals surface area contributed by atoms with E-state index >= 15 is 0 Å². The summed E-state index contributed by atoms with van der Waals surface area (Å²) in [5.74, 6) is -0.652. The Bertz CT molecular complexity index is 400. The van der Waals surface area contributed by atoms with Crippen molar-refractivity contribution in [1.29, 1.82) is 0 Å². The molecule has 0 aliphatic rings. The quantitative estimate of drug-likeness (QED) is 0.792. The molecule has 6 heteroatoms. The van der Waals surface area contributed by atoms with E-state index in [1.807, 2.05) is 0 Å². The van der Waals surface area contributed by atoms with E-state index in [-0.39, 0.29) is 10.3 Å². The van der Waals surface area contributed by atoms with Gasteiger partial charge in [-0.1, -0.05) is 13.8 Å². The summed E-state index contributed by atoms with van der Waals surface area (Å²) in [6.45, 7) is 4.95. The summed E-state index contributed by atoms with van der Waals surface area (Å²) in [6, 6.07) is 1.45. The average Bonchev–Trinajstić information content (AvgIpc) is 2.41. The summed E-state index contributed by atoms with van der Waals surface area (Å²) < 4.78 is 0.104. The Hall–Kier alpha value is -1.30. The van der Waals surface area contributed by atoms with Crippen LogP contribution in [-0.2, 0) is 0 Å². The second kappa shape index (κ2) is 6.58. The highest BCUT2D eigenvalue weighted by Crippen LogP contribution is 2.30. The molecule has 0 fully saturated rings. The number of thioether (sulfide) groups is 1. The van der Waals surface area contributed by atoms with Crippen LogP contribution in [-0.4, -0.2) is 38.8 Å². The maximum absolute atomic E-state index is 11.0. The lowest BCUT2D eigenvalue weighted by molar-refractivity contribution is 0.0697. The first-order chi connectivity index (χ1) is 8.58. The molecule has 0 saturated heterocycles. The van der Waals surface area contributed by atoms with Gasteiger partial charge in [0.1, 0.15) is 5.56 Å². The molecule has 1 heterocycles. The fourth-order valence-corrected chi connectivity index (χ4v) is 2.53. The maximum Gasteiger partial charge on any atom is 0.339 e. The molecule has 0 bridgehead atoms. The Kier molecular flexibility index (Phi) is 5.40. The predicted octanol–water partition coefficient (Wildman–Crippen LogP) is 2.51. The summed E-state index contributed by atoms with van der Waals surface area (Å²) in [5.41, 5.74) is 0.159. The fraction of sp³-hybridized carbons (Fsp3) is 0.583. The monoisotopic (exact) mass is 269 g/mol. The predicted molar refractivity (Wildman–Crippen MR) is 74.3 cm³/mol. The lowest BCUT2D eigenvalue weighted by Crippen LogP contribution is -2.32. The van der Waals surface area contributed by atoms with Gasteiger partial charge in [0.05, 0.1) is 6.20 Å².